The lowest BCUT2D eigenvalue weighted by Gasteiger charge is -2.13. The fourth-order valence-electron chi connectivity index (χ4n) is 2.65. The van der Waals surface area contributed by atoms with Crippen LogP contribution < -0.4 is 15.2 Å². The van der Waals surface area contributed by atoms with Gasteiger partial charge in [-0.05, 0) is 35.9 Å². The first-order chi connectivity index (χ1) is 16.3. The number of carbonyl (C=O) groups excluding carboxylic acids is 1. The Hall–Kier alpha value is -3.80. The molecule has 1 atom stereocenters. The third-order valence-corrected chi connectivity index (χ3v) is 4.58. The second kappa shape index (κ2) is 11.4. The predicted octanol–water partition coefficient (Wildman–Crippen LogP) is 3.26. The smallest absolute Gasteiger partial charge is 0.368 e. The fraction of sp³-hybridized carbons (Fsp3) is 0.286. The number of nitrogens with zero attached hydrogens (tertiary/aromatic N) is 5. The Morgan fingerprint density at radius 3 is 2.79 bits per heavy atom. The van der Waals surface area contributed by atoms with E-state index in [1.54, 1.807) is 0 Å². The van der Waals surface area contributed by atoms with Crippen LogP contribution in [-0.4, -0.2) is 50.1 Å². The quantitative estimate of drug-likeness (QED) is 0.294. The average Bonchev–Trinajstić information content (AvgIpc) is 3.18. The third kappa shape index (κ3) is 5.95. The molecule has 0 aliphatic rings. The van der Waals surface area contributed by atoms with Crippen molar-refractivity contribution in [1.29, 1.82) is 0 Å². The zero-order valence-corrected chi connectivity index (χ0v) is 18.7. The summed E-state index contributed by atoms with van der Waals surface area (Å²) in [5.74, 6) is -1.05. The largest absolute Gasteiger partial charge is 0.463 e. The van der Waals surface area contributed by atoms with Crippen LogP contribution in [0.2, 0.25) is 5.02 Å². The number of halogens is 3. The number of hydrogen-bond donors (Lipinski definition) is 0. The van der Waals surface area contributed by atoms with E-state index in [2.05, 4.69) is 22.0 Å². The van der Waals surface area contributed by atoms with Crippen LogP contribution in [-0.2, 0) is 16.1 Å². The van der Waals surface area contributed by atoms with Crippen molar-refractivity contribution in [3.63, 3.8) is 0 Å². The van der Waals surface area contributed by atoms with Crippen molar-refractivity contribution < 1.29 is 27.8 Å². The molecule has 0 bridgehead atoms. The highest BCUT2D eigenvalue weighted by Crippen LogP contribution is 2.33. The molecule has 10 nitrogen and oxygen atoms in total. The van der Waals surface area contributed by atoms with Gasteiger partial charge in [-0.25, -0.2) is 19.0 Å². The number of tetrazole rings is 1. The van der Waals surface area contributed by atoms with Crippen molar-refractivity contribution in [3.05, 3.63) is 64.4 Å². The summed E-state index contributed by atoms with van der Waals surface area (Å²) in [7, 11) is 0. The van der Waals surface area contributed by atoms with Gasteiger partial charge in [0.15, 0.2) is 11.9 Å². The number of benzene rings is 1. The Balaban J connectivity index is 1.76. The number of carbonyl (C=O) groups is 1. The molecule has 0 spiro atoms. The van der Waals surface area contributed by atoms with E-state index < -0.39 is 30.3 Å². The summed E-state index contributed by atoms with van der Waals surface area (Å²) in [5, 5.41) is 7.18. The molecule has 0 N–H and O–H groups in total. The molecule has 0 radical (unpaired) electrons. The summed E-state index contributed by atoms with van der Waals surface area (Å²) in [6.45, 7) is 4.39. The summed E-state index contributed by atoms with van der Waals surface area (Å²) >= 11 is 6.09. The normalized spacial score (nSPS) is 11.6. The standard InChI is InChI=1S/C21H20ClF2N5O5/c1-3-9-32-20(30)13(2)33-19-6-5-14(12-25-19)34-18-11-17(16(24)10-15(18)22)29-21(31)28(26-27-29)8-4-7-23/h3,5-6,10-13H,1,4,7-9H2,2H3. The summed E-state index contributed by atoms with van der Waals surface area (Å²) in [4.78, 5) is 28.2. The SMILES string of the molecule is C=CCOC(=O)C(C)Oc1ccc(Oc2cc(-n3nnn(CCCF)c3=O)c(F)cc2Cl)cn1. The lowest BCUT2D eigenvalue weighted by molar-refractivity contribution is -0.149. The summed E-state index contributed by atoms with van der Waals surface area (Å²) in [6, 6.07) is 5.07. The number of rotatable bonds is 11. The average molecular weight is 496 g/mol. The summed E-state index contributed by atoms with van der Waals surface area (Å²) < 4.78 is 44.5. The van der Waals surface area contributed by atoms with Gasteiger partial charge in [0.05, 0.1) is 24.4 Å². The molecule has 1 aromatic carbocycles. The number of ether oxygens (including phenoxy) is 3. The van der Waals surface area contributed by atoms with E-state index in [4.69, 9.17) is 25.8 Å². The lowest BCUT2D eigenvalue weighted by atomic mass is 10.3. The minimum atomic E-state index is -0.898. The Labute approximate surface area is 197 Å². The van der Waals surface area contributed by atoms with Crippen LogP contribution in [0, 0.1) is 5.82 Å². The van der Waals surface area contributed by atoms with Crippen LogP contribution in [0.4, 0.5) is 8.78 Å². The number of pyridine rings is 1. The van der Waals surface area contributed by atoms with Crippen LogP contribution in [0.25, 0.3) is 5.69 Å². The van der Waals surface area contributed by atoms with E-state index >= 15 is 0 Å². The van der Waals surface area contributed by atoms with Crippen molar-refractivity contribution in [1.82, 2.24) is 24.8 Å². The summed E-state index contributed by atoms with van der Waals surface area (Å²) in [5.41, 5.74) is -1.000. The highest BCUT2D eigenvalue weighted by atomic mass is 35.5. The first kappa shape index (κ1) is 24.8. The summed E-state index contributed by atoms with van der Waals surface area (Å²) in [6.07, 6.45) is 1.91. The Kier molecular flexibility index (Phi) is 8.30. The topological polar surface area (TPSA) is 110 Å². The van der Waals surface area contributed by atoms with Crippen LogP contribution in [0.1, 0.15) is 13.3 Å². The second-order valence-electron chi connectivity index (χ2n) is 6.79. The molecule has 0 aliphatic heterocycles. The molecule has 180 valence electrons. The van der Waals surface area contributed by atoms with E-state index in [-0.39, 0.29) is 47.7 Å². The van der Waals surface area contributed by atoms with E-state index in [1.807, 2.05) is 0 Å². The Morgan fingerprint density at radius 1 is 1.32 bits per heavy atom. The van der Waals surface area contributed by atoms with Crippen LogP contribution in [0.3, 0.4) is 0 Å². The molecular formula is C21H20ClF2N5O5. The number of aryl methyl sites for hydroxylation is 1. The molecule has 0 saturated carbocycles. The van der Waals surface area contributed by atoms with Gasteiger partial charge in [0.2, 0.25) is 5.88 Å². The van der Waals surface area contributed by atoms with Crippen molar-refractivity contribution >= 4 is 17.6 Å². The van der Waals surface area contributed by atoms with Crippen molar-refractivity contribution in [2.45, 2.75) is 26.0 Å². The third-order valence-electron chi connectivity index (χ3n) is 4.28. The van der Waals surface area contributed by atoms with Gasteiger partial charge >= 0.3 is 11.7 Å². The van der Waals surface area contributed by atoms with Gasteiger partial charge in [-0.3, -0.25) is 4.39 Å². The van der Waals surface area contributed by atoms with Crippen molar-refractivity contribution in [2.75, 3.05) is 13.3 Å². The van der Waals surface area contributed by atoms with Crippen LogP contribution in [0.5, 0.6) is 17.4 Å². The van der Waals surface area contributed by atoms with Crippen molar-refractivity contribution in [3.8, 4) is 23.1 Å². The lowest BCUT2D eigenvalue weighted by Crippen LogP contribution is -2.26. The van der Waals surface area contributed by atoms with Crippen molar-refractivity contribution in [2.24, 2.45) is 0 Å². The van der Waals surface area contributed by atoms with E-state index in [0.717, 1.165) is 15.4 Å². The Morgan fingerprint density at radius 2 is 2.12 bits per heavy atom. The highest BCUT2D eigenvalue weighted by molar-refractivity contribution is 6.32. The zero-order chi connectivity index (χ0) is 24.7. The monoisotopic (exact) mass is 495 g/mol. The number of hydrogen-bond acceptors (Lipinski definition) is 8. The molecule has 3 aromatic rings. The molecule has 0 saturated heterocycles. The molecule has 1 unspecified atom stereocenters. The van der Waals surface area contributed by atoms with Gasteiger partial charge in [-0.2, -0.15) is 9.36 Å². The molecule has 0 aliphatic carbocycles. The van der Waals surface area contributed by atoms with E-state index in [9.17, 15) is 18.4 Å². The molecule has 3 rings (SSSR count). The van der Waals surface area contributed by atoms with E-state index in [1.165, 1.54) is 37.4 Å². The molecule has 0 fully saturated rings. The van der Waals surface area contributed by atoms with Crippen LogP contribution >= 0.6 is 11.6 Å². The predicted molar refractivity (Wildman–Crippen MR) is 117 cm³/mol. The number of aromatic nitrogens is 5. The molecular weight excluding hydrogens is 476 g/mol. The molecule has 2 heterocycles. The van der Waals surface area contributed by atoms with Gasteiger partial charge in [0.1, 0.15) is 23.8 Å². The maximum atomic E-state index is 14.5. The zero-order valence-electron chi connectivity index (χ0n) is 18.0. The van der Waals surface area contributed by atoms with Gasteiger partial charge in [-0.1, -0.05) is 24.3 Å². The number of alkyl halides is 1. The van der Waals surface area contributed by atoms with Gasteiger partial charge in [0.25, 0.3) is 0 Å². The minimum absolute atomic E-state index is 0.00141. The molecule has 2 aromatic heterocycles. The minimum Gasteiger partial charge on any atom is -0.463 e. The maximum absolute atomic E-state index is 14.5. The van der Waals surface area contributed by atoms with Gasteiger partial charge < -0.3 is 14.2 Å². The highest BCUT2D eigenvalue weighted by Gasteiger charge is 2.18. The fourth-order valence-corrected chi connectivity index (χ4v) is 2.83. The number of esters is 1. The second-order valence-corrected chi connectivity index (χ2v) is 7.19. The molecule has 13 heteroatoms. The first-order valence-corrected chi connectivity index (χ1v) is 10.4. The van der Waals surface area contributed by atoms with Crippen LogP contribution in [0.15, 0.2) is 47.9 Å². The molecule has 34 heavy (non-hydrogen) atoms. The maximum Gasteiger partial charge on any atom is 0.368 e. The first-order valence-electron chi connectivity index (χ1n) is 10.00. The van der Waals surface area contributed by atoms with Gasteiger partial charge in [-0.15, -0.1) is 0 Å². The molecule has 0 amide bonds. The van der Waals surface area contributed by atoms with E-state index in [0.29, 0.717) is 0 Å². The van der Waals surface area contributed by atoms with Gasteiger partial charge in [0, 0.05) is 12.1 Å². The Bertz CT molecular complexity index is 1220.